The van der Waals surface area contributed by atoms with E-state index in [2.05, 4.69) is 0 Å². The van der Waals surface area contributed by atoms with Crippen LogP contribution in [0.25, 0.3) is 10.8 Å². The zero-order valence-electron chi connectivity index (χ0n) is 6.96. The Balaban J connectivity index is 2.66. The molecule has 0 aliphatic rings. The first-order valence-electron chi connectivity index (χ1n) is 4.06. The van der Waals surface area contributed by atoms with Gasteiger partial charge in [-0.3, -0.25) is 0 Å². The maximum absolute atomic E-state index is 10.6. The Hall–Kier alpha value is -1.05. The van der Waals surface area contributed by atoms with Crippen molar-refractivity contribution in [3.63, 3.8) is 0 Å². The Morgan fingerprint density at radius 1 is 1.00 bits per heavy atom. The van der Waals surface area contributed by atoms with Crippen molar-refractivity contribution in [3.8, 4) is 0 Å². The fraction of sp³-hybridized carbons (Fsp3) is 0.0909. The number of hydrogen-bond acceptors (Lipinski definition) is 0. The molecule has 2 heteroatoms. The summed E-state index contributed by atoms with van der Waals surface area (Å²) < 4.78 is 0. The molecule has 2 aromatic carbocycles. The highest BCUT2D eigenvalue weighted by Gasteiger charge is 1.96. The van der Waals surface area contributed by atoms with Crippen molar-refractivity contribution in [2.24, 2.45) is 0 Å². The Kier molecular flexibility index (Phi) is 2.21. The molecule has 2 aromatic rings. The number of benzene rings is 2. The maximum Gasteiger partial charge on any atom is 0.107 e. The second kappa shape index (κ2) is 3.36. The first-order chi connectivity index (χ1) is 6.29. The van der Waals surface area contributed by atoms with Crippen molar-refractivity contribution in [1.29, 1.82) is 0 Å². The summed E-state index contributed by atoms with van der Waals surface area (Å²) in [4.78, 5) is 0. The third-order valence-electron chi connectivity index (χ3n) is 2.03. The van der Waals surface area contributed by atoms with Gasteiger partial charge >= 0.3 is 0 Å². The zero-order chi connectivity index (χ0) is 9.26. The topological polar surface area (TPSA) is 19.9 Å². The van der Waals surface area contributed by atoms with E-state index in [1.54, 1.807) is 0 Å². The molecular formula is C11H8ClO. The van der Waals surface area contributed by atoms with E-state index in [4.69, 9.17) is 11.6 Å². The third kappa shape index (κ3) is 1.67. The molecule has 0 N–H and O–H groups in total. The van der Waals surface area contributed by atoms with Crippen LogP contribution in [0, 0.1) is 0 Å². The van der Waals surface area contributed by atoms with E-state index in [1.165, 1.54) is 0 Å². The van der Waals surface area contributed by atoms with Crippen molar-refractivity contribution in [3.05, 3.63) is 47.0 Å². The normalized spacial score (nSPS) is 10.6. The zero-order valence-corrected chi connectivity index (χ0v) is 7.71. The predicted octanol–water partition coefficient (Wildman–Crippen LogP) is 3.42. The van der Waals surface area contributed by atoms with Gasteiger partial charge in [-0.1, -0.05) is 29.8 Å². The van der Waals surface area contributed by atoms with Crippen molar-refractivity contribution in [2.75, 3.05) is 0 Å². The summed E-state index contributed by atoms with van der Waals surface area (Å²) in [6.45, 7) is -0.168. The summed E-state index contributed by atoms with van der Waals surface area (Å²) in [7, 11) is 0. The van der Waals surface area contributed by atoms with Crippen LogP contribution in [0.3, 0.4) is 0 Å². The fourth-order valence-corrected chi connectivity index (χ4v) is 1.54. The van der Waals surface area contributed by atoms with Crippen molar-refractivity contribution >= 4 is 22.4 Å². The summed E-state index contributed by atoms with van der Waals surface area (Å²) in [5, 5.41) is 13.5. The van der Waals surface area contributed by atoms with Gasteiger partial charge in [-0.15, -0.1) is 0 Å². The van der Waals surface area contributed by atoms with Crippen LogP contribution < -0.4 is 0 Å². The summed E-state index contributed by atoms with van der Waals surface area (Å²) in [5.74, 6) is 0. The molecule has 0 heterocycles. The van der Waals surface area contributed by atoms with Gasteiger partial charge in [-0.2, -0.15) is 0 Å². The predicted molar refractivity (Wildman–Crippen MR) is 53.3 cm³/mol. The van der Waals surface area contributed by atoms with Crippen LogP contribution in [0.1, 0.15) is 5.56 Å². The summed E-state index contributed by atoms with van der Waals surface area (Å²) >= 11 is 5.83. The smallest absolute Gasteiger partial charge is 0.107 e. The first kappa shape index (κ1) is 8.54. The Morgan fingerprint density at radius 2 is 1.69 bits per heavy atom. The third-order valence-corrected chi connectivity index (χ3v) is 2.27. The summed E-state index contributed by atoms with van der Waals surface area (Å²) in [5.41, 5.74) is 0.815. The average molecular weight is 192 g/mol. The van der Waals surface area contributed by atoms with Gasteiger partial charge in [0.1, 0.15) is 6.61 Å². The summed E-state index contributed by atoms with van der Waals surface area (Å²) in [6, 6.07) is 11.3. The highest BCUT2D eigenvalue weighted by atomic mass is 35.5. The van der Waals surface area contributed by atoms with Gasteiger partial charge in [-0.05, 0) is 34.5 Å². The van der Waals surface area contributed by atoms with Crippen LogP contribution in [-0.4, -0.2) is 0 Å². The molecular weight excluding hydrogens is 184 g/mol. The lowest BCUT2D eigenvalue weighted by Gasteiger charge is -2.00. The lowest BCUT2D eigenvalue weighted by molar-refractivity contribution is 0.177. The number of fused-ring (bicyclic) bond motifs is 1. The van der Waals surface area contributed by atoms with Crippen molar-refractivity contribution < 1.29 is 5.11 Å². The van der Waals surface area contributed by atoms with Gasteiger partial charge < -0.3 is 0 Å². The SMILES string of the molecule is [O]Cc1ccc2cc(Cl)ccc2c1. The quantitative estimate of drug-likeness (QED) is 0.658. The van der Waals surface area contributed by atoms with Crippen LogP contribution in [0.15, 0.2) is 36.4 Å². The van der Waals surface area contributed by atoms with E-state index in [0.29, 0.717) is 0 Å². The molecule has 0 spiro atoms. The monoisotopic (exact) mass is 191 g/mol. The molecule has 0 amide bonds. The fourth-order valence-electron chi connectivity index (χ4n) is 1.36. The molecule has 13 heavy (non-hydrogen) atoms. The standard InChI is InChI=1S/C11H8ClO/c12-11-4-3-9-5-8(7-13)1-2-10(9)6-11/h1-6H,7H2. The molecule has 0 aliphatic heterocycles. The Labute approximate surface area is 81.6 Å². The molecule has 65 valence electrons. The van der Waals surface area contributed by atoms with Crippen LogP contribution >= 0.6 is 11.6 Å². The first-order valence-corrected chi connectivity index (χ1v) is 4.44. The van der Waals surface area contributed by atoms with Crippen LogP contribution in [0.4, 0.5) is 0 Å². The number of rotatable bonds is 1. The minimum atomic E-state index is -0.168. The molecule has 1 radical (unpaired) electrons. The molecule has 0 unspecified atom stereocenters. The van der Waals surface area contributed by atoms with Gasteiger partial charge in [0.05, 0.1) is 0 Å². The van der Waals surface area contributed by atoms with Crippen molar-refractivity contribution in [2.45, 2.75) is 6.61 Å². The molecule has 0 saturated carbocycles. The second-order valence-corrected chi connectivity index (χ2v) is 3.41. The van der Waals surface area contributed by atoms with Crippen molar-refractivity contribution in [1.82, 2.24) is 0 Å². The van der Waals surface area contributed by atoms with Gasteiger partial charge in [-0.25, -0.2) is 5.11 Å². The highest BCUT2D eigenvalue weighted by molar-refractivity contribution is 6.31. The second-order valence-electron chi connectivity index (χ2n) is 2.97. The molecule has 1 nitrogen and oxygen atoms in total. The summed E-state index contributed by atoms with van der Waals surface area (Å²) in [6.07, 6.45) is 0. The van der Waals surface area contributed by atoms with E-state index in [0.717, 1.165) is 21.4 Å². The van der Waals surface area contributed by atoms with E-state index >= 15 is 0 Å². The molecule has 0 aromatic heterocycles. The van der Waals surface area contributed by atoms with Gasteiger partial charge in [0.25, 0.3) is 0 Å². The molecule has 0 fully saturated rings. The molecule has 2 rings (SSSR count). The van der Waals surface area contributed by atoms with Gasteiger partial charge in [0, 0.05) is 5.02 Å². The van der Waals surface area contributed by atoms with Crippen LogP contribution in [-0.2, 0) is 11.7 Å². The van der Waals surface area contributed by atoms with E-state index in [1.807, 2.05) is 36.4 Å². The lowest BCUT2D eigenvalue weighted by atomic mass is 10.1. The van der Waals surface area contributed by atoms with Crippen LogP contribution in [0.2, 0.25) is 5.02 Å². The van der Waals surface area contributed by atoms with E-state index in [-0.39, 0.29) is 6.61 Å². The largest absolute Gasteiger partial charge is 0.232 e. The Morgan fingerprint density at radius 3 is 2.46 bits per heavy atom. The van der Waals surface area contributed by atoms with Gasteiger partial charge in [0.15, 0.2) is 0 Å². The molecule has 0 aliphatic carbocycles. The van der Waals surface area contributed by atoms with Gasteiger partial charge in [0.2, 0.25) is 0 Å². The maximum atomic E-state index is 10.6. The lowest BCUT2D eigenvalue weighted by Crippen LogP contribution is -1.81. The average Bonchev–Trinajstić information content (AvgIpc) is 2.17. The number of halogens is 1. The minimum absolute atomic E-state index is 0.168. The molecule has 0 bridgehead atoms. The molecule has 0 saturated heterocycles. The highest BCUT2D eigenvalue weighted by Crippen LogP contribution is 2.20. The minimum Gasteiger partial charge on any atom is -0.232 e. The van der Waals surface area contributed by atoms with E-state index < -0.39 is 0 Å². The number of hydrogen-bond donors (Lipinski definition) is 0. The molecule has 0 atom stereocenters. The Bertz CT molecular complexity index is 437. The van der Waals surface area contributed by atoms with E-state index in [9.17, 15) is 5.11 Å². The van der Waals surface area contributed by atoms with Crippen LogP contribution in [0.5, 0.6) is 0 Å².